The van der Waals surface area contributed by atoms with Crippen LogP contribution in [-0.4, -0.2) is 42.3 Å². The second-order valence-electron chi connectivity index (χ2n) is 5.12. The molecule has 2 rings (SSSR count). The SMILES string of the molecule is CCC1NC(C)C(=O)N1CCOC1CCCC1. The molecule has 4 heteroatoms. The molecule has 4 nitrogen and oxygen atoms in total. The first kappa shape index (κ1) is 12.8. The summed E-state index contributed by atoms with van der Waals surface area (Å²) in [6.07, 6.45) is 6.58. The second-order valence-corrected chi connectivity index (χ2v) is 5.12. The quantitative estimate of drug-likeness (QED) is 0.792. The molecule has 98 valence electrons. The molecule has 2 atom stereocenters. The second kappa shape index (κ2) is 5.83. The van der Waals surface area contributed by atoms with Crippen molar-refractivity contribution in [1.82, 2.24) is 10.2 Å². The van der Waals surface area contributed by atoms with Crippen LogP contribution in [0.15, 0.2) is 0 Å². The van der Waals surface area contributed by atoms with Crippen molar-refractivity contribution in [3.8, 4) is 0 Å². The summed E-state index contributed by atoms with van der Waals surface area (Å²) in [7, 11) is 0. The van der Waals surface area contributed by atoms with Crippen LogP contribution in [0.5, 0.6) is 0 Å². The fourth-order valence-electron chi connectivity index (χ4n) is 2.83. The summed E-state index contributed by atoms with van der Waals surface area (Å²) in [5.41, 5.74) is 0. The molecule has 0 aromatic heterocycles. The molecule has 2 fully saturated rings. The summed E-state index contributed by atoms with van der Waals surface area (Å²) in [6.45, 7) is 5.45. The molecule has 0 aromatic rings. The van der Waals surface area contributed by atoms with Crippen LogP contribution in [0.4, 0.5) is 0 Å². The van der Waals surface area contributed by atoms with E-state index < -0.39 is 0 Å². The fraction of sp³-hybridized carbons (Fsp3) is 0.923. The van der Waals surface area contributed by atoms with E-state index in [1.54, 1.807) is 0 Å². The fourth-order valence-corrected chi connectivity index (χ4v) is 2.83. The lowest BCUT2D eigenvalue weighted by Crippen LogP contribution is -2.39. The minimum Gasteiger partial charge on any atom is -0.376 e. The summed E-state index contributed by atoms with van der Waals surface area (Å²) >= 11 is 0. The molecule has 1 saturated carbocycles. The van der Waals surface area contributed by atoms with Gasteiger partial charge in [0.2, 0.25) is 5.91 Å². The first-order chi connectivity index (χ1) is 8.22. The van der Waals surface area contributed by atoms with E-state index in [2.05, 4.69) is 12.2 Å². The predicted octanol–water partition coefficient (Wildman–Crippen LogP) is 1.50. The Hall–Kier alpha value is -0.610. The maximum atomic E-state index is 11.9. The number of nitrogens with one attached hydrogen (secondary N) is 1. The number of nitrogens with zero attached hydrogens (tertiary/aromatic N) is 1. The van der Waals surface area contributed by atoms with Gasteiger partial charge in [-0.3, -0.25) is 10.1 Å². The van der Waals surface area contributed by atoms with E-state index in [9.17, 15) is 4.79 Å². The van der Waals surface area contributed by atoms with Crippen LogP contribution in [0.25, 0.3) is 0 Å². The number of hydrogen-bond donors (Lipinski definition) is 1. The Balaban J connectivity index is 1.74. The van der Waals surface area contributed by atoms with Crippen LogP contribution in [0.1, 0.15) is 46.0 Å². The normalized spacial score (nSPS) is 30.5. The highest BCUT2D eigenvalue weighted by Crippen LogP contribution is 2.21. The smallest absolute Gasteiger partial charge is 0.240 e. The van der Waals surface area contributed by atoms with Gasteiger partial charge in [0.1, 0.15) is 0 Å². The Labute approximate surface area is 104 Å². The average molecular weight is 240 g/mol. The third-order valence-corrected chi connectivity index (χ3v) is 3.85. The molecule has 1 saturated heterocycles. The Morgan fingerprint density at radius 2 is 2.12 bits per heavy atom. The minimum atomic E-state index is -0.0357. The van der Waals surface area contributed by atoms with E-state index in [1.165, 1.54) is 25.7 Å². The van der Waals surface area contributed by atoms with Crippen molar-refractivity contribution < 1.29 is 9.53 Å². The van der Waals surface area contributed by atoms with Crippen molar-refractivity contribution in [2.45, 2.75) is 64.3 Å². The van der Waals surface area contributed by atoms with Gasteiger partial charge in [-0.05, 0) is 26.2 Å². The number of amides is 1. The molecular weight excluding hydrogens is 216 g/mol. The summed E-state index contributed by atoms with van der Waals surface area (Å²) in [4.78, 5) is 13.8. The van der Waals surface area contributed by atoms with Crippen molar-refractivity contribution in [3.63, 3.8) is 0 Å². The summed E-state index contributed by atoms with van der Waals surface area (Å²) in [5, 5.41) is 3.30. The number of rotatable bonds is 5. The Morgan fingerprint density at radius 1 is 1.41 bits per heavy atom. The van der Waals surface area contributed by atoms with Crippen LogP contribution in [0.3, 0.4) is 0 Å². The van der Waals surface area contributed by atoms with Crippen molar-refractivity contribution in [2.24, 2.45) is 0 Å². The molecule has 1 amide bonds. The van der Waals surface area contributed by atoms with E-state index in [0.29, 0.717) is 12.7 Å². The van der Waals surface area contributed by atoms with Gasteiger partial charge in [-0.15, -0.1) is 0 Å². The monoisotopic (exact) mass is 240 g/mol. The maximum absolute atomic E-state index is 11.9. The van der Waals surface area contributed by atoms with Crippen LogP contribution in [0, 0.1) is 0 Å². The highest BCUT2D eigenvalue weighted by Gasteiger charge is 2.34. The zero-order valence-electron chi connectivity index (χ0n) is 10.9. The third-order valence-electron chi connectivity index (χ3n) is 3.85. The molecule has 2 unspecified atom stereocenters. The summed E-state index contributed by atoms with van der Waals surface area (Å²) in [6, 6.07) is -0.0357. The first-order valence-corrected chi connectivity index (χ1v) is 6.90. The standard InChI is InChI=1S/C13H24N2O2/c1-3-12-14-10(2)13(16)15(12)8-9-17-11-6-4-5-7-11/h10-12,14H,3-9H2,1-2H3. The van der Waals surface area contributed by atoms with Crippen molar-refractivity contribution in [2.75, 3.05) is 13.2 Å². The van der Waals surface area contributed by atoms with Gasteiger partial charge in [-0.25, -0.2) is 0 Å². The highest BCUT2D eigenvalue weighted by molar-refractivity contribution is 5.83. The lowest BCUT2D eigenvalue weighted by molar-refractivity contribution is -0.130. The lowest BCUT2D eigenvalue weighted by Gasteiger charge is -2.23. The van der Waals surface area contributed by atoms with Crippen LogP contribution >= 0.6 is 0 Å². The van der Waals surface area contributed by atoms with E-state index in [-0.39, 0.29) is 18.1 Å². The van der Waals surface area contributed by atoms with Crippen LogP contribution in [-0.2, 0) is 9.53 Å². The minimum absolute atomic E-state index is 0.0357. The van der Waals surface area contributed by atoms with Gasteiger partial charge in [0.15, 0.2) is 0 Å². The summed E-state index contributed by atoms with van der Waals surface area (Å²) < 4.78 is 5.82. The van der Waals surface area contributed by atoms with Gasteiger partial charge < -0.3 is 9.64 Å². The molecule has 1 aliphatic heterocycles. The zero-order valence-corrected chi connectivity index (χ0v) is 10.9. The van der Waals surface area contributed by atoms with Gasteiger partial charge in [0.05, 0.1) is 24.9 Å². The van der Waals surface area contributed by atoms with Crippen molar-refractivity contribution >= 4 is 5.91 Å². The number of carbonyl (C=O) groups excluding carboxylic acids is 1. The molecular formula is C13H24N2O2. The van der Waals surface area contributed by atoms with Crippen LogP contribution in [0.2, 0.25) is 0 Å². The Bertz CT molecular complexity index is 264. The first-order valence-electron chi connectivity index (χ1n) is 6.90. The van der Waals surface area contributed by atoms with Gasteiger partial charge in [-0.2, -0.15) is 0 Å². The average Bonchev–Trinajstić information content (AvgIpc) is 2.92. The van der Waals surface area contributed by atoms with Gasteiger partial charge in [0, 0.05) is 6.54 Å². The van der Waals surface area contributed by atoms with E-state index >= 15 is 0 Å². The Morgan fingerprint density at radius 3 is 2.76 bits per heavy atom. The van der Waals surface area contributed by atoms with Crippen LogP contribution < -0.4 is 5.32 Å². The van der Waals surface area contributed by atoms with E-state index in [1.807, 2.05) is 11.8 Å². The number of carbonyl (C=O) groups is 1. The Kier molecular flexibility index (Phi) is 4.40. The molecule has 1 heterocycles. The lowest BCUT2D eigenvalue weighted by atomic mass is 10.3. The molecule has 1 aliphatic carbocycles. The molecule has 0 radical (unpaired) electrons. The van der Waals surface area contributed by atoms with E-state index in [0.717, 1.165) is 13.0 Å². The molecule has 0 spiro atoms. The van der Waals surface area contributed by atoms with Gasteiger partial charge >= 0.3 is 0 Å². The molecule has 0 aromatic carbocycles. The molecule has 17 heavy (non-hydrogen) atoms. The molecule has 2 aliphatic rings. The molecule has 1 N–H and O–H groups in total. The summed E-state index contributed by atoms with van der Waals surface area (Å²) in [5.74, 6) is 0.215. The maximum Gasteiger partial charge on any atom is 0.240 e. The van der Waals surface area contributed by atoms with Gasteiger partial charge in [0.25, 0.3) is 0 Å². The topological polar surface area (TPSA) is 41.6 Å². The van der Waals surface area contributed by atoms with Crippen molar-refractivity contribution in [1.29, 1.82) is 0 Å². The number of ether oxygens (including phenoxy) is 1. The zero-order chi connectivity index (χ0) is 12.3. The number of hydrogen-bond acceptors (Lipinski definition) is 3. The largest absolute Gasteiger partial charge is 0.376 e. The van der Waals surface area contributed by atoms with Gasteiger partial charge in [-0.1, -0.05) is 19.8 Å². The third kappa shape index (κ3) is 2.99. The predicted molar refractivity (Wildman–Crippen MR) is 66.6 cm³/mol. The van der Waals surface area contributed by atoms with E-state index in [4.69, 9.17) is 4.74 Å². The molecule has 0 bridgehead atoms. The highest BCUT2D eigenvalue weighted by atomic mass is 16.5. The van der Waals surface area contributed by atoms with Crippen molar-refractivity contribution in [3.05, 3.63) is 0 Å².